The van der Waals surface area contributed by atoms with Crippen molar-refractivity contribution in [2.75, 3.05) is 19.7 Å². The first-order valence-electron chi connectivity index (χ1n) is 8.01. The molecule has 1 unspecified atom stereocenters. The van der Waals surface area contributed by atoms with Gasteiger partial charge in [0.05, 0.1) is 6.61 Å². The van der Waals surface area contributed by atoms with Gasteiger partial charge in [-0.25, -0.2) is 4.39 Å². The summed E-state index contributed by atoms with van der Waals surface area (Å²) in [7, 11) is 0. The first kappa shape index (κ1) is 17.2. The van der Waals surface area contributed by atoms with Crippen molar-refractivity contribution in [2.45, 2.75) is 38.6 Å². The summed E-state index contributed by atoms with van der Waals surface area (Å²) in [6.45, 7) is 3.25. The molecule has 0 bridgehead atoms. The molecule has 0 aliphatic carbocycles. The van der Waals surface area contributed by atoms with Gasteiger partial charge in [0.25, 0.3) is 0 Å². The van der Waals surface area contributed by atoms with Gasteiger partial charge in [0.2, 0.25) is 11.8 Å². The van der Waals surface area contributed by atoms with Gasteiger partial charge < -0.3 is 15.0 Å². The van der Waals surface area contributed by atoms with E-state index in [4.69, 9.17) is 4.74 Å². The highest BCUT2D eigenvalue weighted by molar-refractivity contribution is 5.87. The van der Waals surface area contributed by atoms with Crippen molar-refractivity contribution in [1.29, 1.82) is 0 Å². The van der Waals surface area contributed by atoms with Crippen molar-refractivity contribution in [3.8, 4) is 5.75 Å². The molecule has 1 N–H and O–H groups in total. The monoisotopic (exact) mass is 322 g/mol. The zero-order valence-electron chi connectivity index (χ0n) is 13.4. The molecule has 6 heteroatoms. The summed E-state index contributed by atoms with van der Waals surface area (Å²) in [4.78, 5) is 25.1. The maximum absolute atomic E-state index is 12.7. The van der Waals surface area contributed by atoms with Gasteiger partial charge in [-0.2, -0.15) is 0 Å². The molecule has 23 heavy (non-hydrogen) atoms. The minimum absolute atomic E-state index is 0.0460. The van der Waals surface area contributed by atoms with Crippen LogP contribution in [0.4, 0.5) is 4.39 Å². The maximum Gasteiger partial charge on any atom is 0.242 e. The van der Waals surface area contributed by atoms with Crippen molar-refractivity contribution in [3.05, 3.63) is 30.1 Å². The maximum atomic E-state index is 12.7. The predicted octanol–water partition coefficient (Wildman–Crippen LogP) is 2.11. The minimum Gasteiger partial charge on any atom is -0.494 e. The lowest BCUT2D eigenvalue weighted by Gasteiger charge is -2.22. The Morgan fingerprint density at radius 2 is 2.04 bits per heavy atom. The Morgan fingerprint density at radius 1 is 1.30 bits per heavy atom. The Labute approximate surface area is 135 Å². The average Bonchev–Trinajstić information content (AvgIpc) is 3.02. The summed E-state index contributed by atoms with van der Waals surface area (Å²) in [5, 5.41) is 2.88. The fraction of sp³-hybridized carbons (Fsp3) is 0.529. The normalized spacial score (nSPS) is 17.1. The van der Waals surface area contributed by atoms with Crippen molar-refractivity contribution in [3.63, 3.8) is 0 Å². The van der Waals surface area contributed by atoms with Gasteiger partial charge in [-0.05, 0) is 49.9 Å². The van der Waals surface area contributed by atoms with E-state index in [0.717, 1.165) is 25.7 Å². The third-order valence-electron chi connectivity index (χ3n) is 3.91. The minimum atomic E-state index is -0.317. The number of rotatable bonds is 7. The fourth-order valence-corrected chi connectivity index (χ4v) is 2.69. The van der Waals surface area contributed by atoms with E-state index in [0.29, 0.717) is 25.4 Å². The van der Waals surface area contributed by atoms with Crippen LogP contribution in [0.1, 0.15) is 32.6 Å². The lowest BCUT2D eigenvalue weighted by molar-refractivity contribution is -0.136. The summed E-state index contributed by atoms with van der Waals surface area (Å²) in [6.07, 6.45) is 3.20. The number of ether oxygens (including phenoxy) is 1. The quantitative estimate of drug-likeness (QED) is 0.782. The van der Waals surface area contributed by atoms with E-state index in [1.165, 1.54) is 19.1 Å². The molecule has 1 atom stereocenters. The van der Waals surface area contributed by atoms with Crippen LogP contribution in [0.3, 0.4) is 0 Å². The lowest BCUT2D eigenvalue weighted by Crippen LogP contribution is -2.45. The standard InChI is InChI=1S/C17H23FN2O3/c1-13(21)20-11-4-5-16(20)17(22)19-10-2-3-12-23-15-8-6-14(18)7-9-15/h6-9,16H,2-5,10-12H2,1H3,(H,19,22). The zero-order valence-corrected chi connectivity index (χ0v) is 13.4. The highest BCUT2D eigenvalue weighted by Gasteiger charge is 2.31. The number of amides is 2. The van der Waals surface area contributed by atoms with E-state index in [2.05, 4.69) is 5.32 Å². The number of likely N-dealkylation sites (tertiary alicyclic amines) is 1. The van der Waals surface area contributed by atoms with Gasteiger partial charge in [0.15, 0.2) is 0 Å². The summed E-state index contributed by atoms with van der Waals surface area (Å²) in [6, 6.07) is 5.58. The zero-order chi connectivity index (χ0) is 16.7. The molecule has 5 nitrogen and oxygen atoms in total. The highest BCUT2D eigenvalue weighted by atomic mass is 19.1. The molecule has 0 spiro atoms. The Balaban J connectivity index is 1.59. The highest BCUT2D eigenvalue weighted by Crippen LogP contribution is 2.17. The number of carbonyl (C=O) groups excluding carboxylic acids is 2. The van der Waals surface area contributed by atoms with E-state index >= 15 is 0 Å². The lowest BCUT2D eigenvalue weighted by atomic mass is 10.2. The first-order valence-corrected chi connectivity index (χ1v) is 8.01. The molecule has 126 valence electrons. The van der Waals surface area contributed by atoms with Crippen LogP contribution in [0.2, 0.25) is 0 Å². The van der Waals surface area contributed by atoms with Crippen LogP contribution in [0.15, 0.2) is 24.3 Å². The molecule has 0 saturated carbocycles. The number of unbranched alkanes of at least 4 members (excludes halogenated alkanes) is 1. The average molecular weight is 322 g/mol. The van der Waals surface area contributed by atoms with Crippen molar-refractivity contribution in [2.24, 2.45) is 0 Å². The van der Waals surface area contributed by atoms with Crippen LogP contribution in [-0.4, -0.2) is 42.5 Å². The van der Waals surface area contributed by atoms with Gasteiger partial charge in [-0.1, -0.05) is 0 Å². The Bertz CT molecular complexity index is 533. The van der Waals surface area contributed by atoms with Crippen LogP contribution in [0.5, 0.6) is 5.75 Å². The van der Waals surface area contributed by atoms with E-state index in [1.54, 1.807) is 17.0 Å². The number of nitrogens with zero attached hydrogens (tertiary/aromatic N) is 1. The van der Waals surface area contributed by atoms with Crippen LogP contribution >= 0.6 is 0 Å². The molecule has 1 fully saturated rings. The molecule has 0 aromatic heterocycles. The van der Waals surface area contributed by atoms with E-state index in [1.807, 2.05) is 0 Å². The fourth-order valence-electron chi connectivity index (χ4n) is 2.69. The molecule has 1 saturated heterocycles. The topological polar surface area (TPSA) is 58.6 Å². The predicted molar refractivity (Wildman–Crippen MR) is 84.5 cm³/mol. The third-order valence-corrected chi connectivity index (χ3v) is 3.91. The van der Waals surface area contributed by atoms with Crippen LogP contribution in [-0.2, 0) is 9.59 Å². The van der Waals surface area contributed by atoms with E-state index in [-0.39, 0.29) is 23.7 Å². The van der Waals surface area contributed by atoms with Gasteiger partial charge in [0.1, 0.15) is 17.6 Å². The van der Waals surface area contributed by atoms with E-state index in [9.17, 15) is 14.0 Å². The van der Waals surface area contributed by atoms with Gasteiger partial charge in [0, 0.05) is 20.0 Å². The molecule has 1 aliphatic rings. The number of hydrogen-bond acceptors (Lipinski definition) is 3. The smallest absolute Gasteiger partial charge is 0.242 e. The van der Waals surface area contributed by atoms with Crippen LogP contribution in [0, 0.1) is 5.82 Å². The first-order chi connectivity index (χ1) is 11.1. The number of hydrogen-bond donors (Lipinski definition) is 1. The summed E-state index contributed by atoms with van der Waals surface area (Å²) >= 11 is 0. The van der Waals surface area contributed by atoms with E-state index < -0.39 is 0 Å². The van der Waals surface area contributed by atoms with Crippen LogP contribution in [0.25, 0.3) is 0 Å². The number of halogens is 1. The molecule has 1 aliphatic heterocycles. The van der Waals surface area contributed by atoms with Gasteiger partial charge in [-0.3, -0.25) is 9.59 Å². The number of carbonyl (C=O) groups is 2. The molecule has 1 aromatic carbocycles. The molecule has 1 aromatic rings. The summed E-state index contributed by atoms with van der Waals surface area (Å²) in [5.74, 6) is 0.234. The molecular weight excluding hydrogens is 299 g/mol. The van der Waals surface area contributed by atoms with Crippen molar-refractivity contribution < 1.29 is 18.7 Å². The largest absolute Gasteiger partial charge is 0.494 e. The molecule has 2 rings (SSSR count). The van der Waals surface area contributed by atoms with Crippen molar-refractivity contribution in [1.82, 2.24) is 10.2 Å². The molecule has 1 heterocycles. The van der Waals surface area contributed by atoms with Gasteiger partial charge in [-0.15, -0.1) is 0 Å². The van der Waals surface area contributed by atoms with Crippen molar-refractivity contribution >= 4 is 11.8 Å². The number of nitrogens with one attached hydrogen (secondary N) is 1. The molecule has 0 radical (unpaired) electrons. The Morgan fingerprint density at radius 3 is 2.74 bits per heavy atom. The molecular formula is C17H23FN2O3. The second-order valence-electron chi connectivity index (χ2n) is 5.67. The Kier molecular flexibility index (Phi) is 6.38. The second kappa shape index (κ2) is 8.50. The SMILES string of the molecule is CC(=O)N1CCCC1C(=O)NCCCCOc1ccc(F)cc1. The number of benzene rings is 1. The molecule has 2 amide bonds. The summed E-state index contributed by atoms with van der Waals surface area (Å²) < 4.78 is 18.2. The summed E-state index contributed by atoms with van der Waals surface area (Å²) in [5.41, 5.74) is 0. The third kappa shape index (κ3) is 5.23. The Hall–Kier alpha value is -2.11. The van der Waals surface area contributed by atoms with Crippen LogP contribution < -0.4 is 10.1 Å². The van der Waals surface area contributed by atoms with Gasteiger partial charge >= 0.3 is 0 Å². The second-order valence-corrected chi connectivity index (χ2v) is 5.67.